The Morgan fingerprint density at radius 2 is 1.82 bits per heavy atom. The number of sulfonamides is 1. The summed E-state index contributed by atoms with van der Waals surface area (Å²) in [7, 11) is -4.04. The van der Waals surface area contributed by atoms with Crippen molar-refractivity contribution < 1.29 is 17.9 Å². The predicted octanol–water partition coefficient (Wildman–Crippen LogP) is 4.44. The van der Waals surface area contributed by atoms with Gasteiger partial charge in [-0.2, -0.15) is 9.57 Å². The second-order valence-electron chi connectivity index (χ2n) is 7.01. The van der Waals surface area contributed by atoms with Gasteiger partial charge in [0, 0.05) is 17.3 Å². The molecule has 0 saturated carbocycles. The zero-order chi connectivity index (χ0) is 23.8. The lowest BCUT2D eigenvalue weighted by atomic mass is 10.2. The van der Waals surface area contributed by atoms with E-state index in [-0.39, 0.29) is 11.4 Å². The molecule has 1 amide bonds. The molecule has 3 rings (SSSR count). The Morgan fingerprint density at radius 1 is 1.09 bits per heavy atom. The molecular formula is C24H22ClN3O4S. The lowest BCUT2D eigenvalue weighted by molar-refractivity contribution is -0.116. The molecule has 3 aromatic rings. The molecule has 7 nitrogen and oxygen atoms in total. The van der Waals surface area contributed by atoms with Crippen LogP contribution in [0, 0.1) is 11.3 Å². The second kappa shape index (κ2) is 11.0. The first-order valence-corrected chi connectivity index (χ1v) is 11.9. The lowest BCUT2D eigenvalue weighted by Crippen LogP contribution is -2.37. The van der Waals surface area contributed by atoms with Crippen LogP contribution in [0.5, 0.6) is 5.75 Å². The molecule has 9 heteroatoms. The monoisotopic (exact) mass is 483 g/mol. The van der Waals surface area contributed by atoms with Gasteiger partial charge in [-0.3, -0.25) is 4.79 Å². The third-order valence-electron chi connectivity index (χ3n) is 4.67. The van der Waals surface area contributed by atoms with Gasteiger partial charge in [-0.15, -0.1) is 0 Å². The van der Waals surface area contributed by atoms with Crippen LogP contribution in [-0.2, 0) is 21.4 Å². The number of hydrogen-bond donors (Lipinski definition) is 1. The van der Waals surface area contributed by atoms with Crippen LogP contribution in [-0.4, -0.2) is 31.8 Å². The summed E-state index contributed by atoms with van der Waals surface area (Å²) in [4.78, 5) is 12.8. The fourth-order valence-corrected chi connectivity index (χ4v) is 4.66. The third kappa shape index (κ3) is 6.33. The van der Waals surface area contributed by atoms with Crippen LogP contribution in [0.3, 0.4) is 0 Å². The van der Waals surface area contributed by atoms with E-state index in [1.54, 1.807) is 54.6 Å². The van der Waals surface area contributed by atoms with Crippen molar-refractivity contribution in [1.82, 2.24) is 4.31 Å². The van der Waals surface area contributed by atoms with Crippen LogP contribution in [0.2, 0.25) is 5.02 Å². The standard InChI is InChI=1S/C24H22ClN3O4S/c1-2-32-21-10-12-22(13-11-21)33(30,31)28(16-19-7-3-4-9-23(19)25)17-24(29)27-20-8-5-6-18(14-20)15-26/h3-14H,2,16-17H2,1H3,(H,27,29). The fourth-order valence-electron chi connectivity index (χ4n) is 3.09. The zero-order valence-corrected chi connectivity index (χ0v) is 19.4. The average molecular weight is 484 g/mol. The van der Waals surface area contributed by atoms with Gasteiger partial charge in [0.1, 0.15) is 5.75 Å². The highest BCUT2D eigenvalue weighted by Gasteiger charge is 2.27. The SMILES string of the molecule is CCOc1ccc(S(=O)(=O)N(CC(=O)Nc2cccc(C#N)c2)Cc2ccccc2Cl)cc1. The highest BCUT2D eigenvalue weighted by Crippen LogP contribution is 2.24. The Balaban J connectivity index is 1.89. The van der Waals surface area contributed by atoms with Crippen LogP contribution in [0.1, 0.15) is 18.1 Å². The molecule has 0 aromatic heterocycles. The topological polar surface area (TPSA) is 99.5 Å². The Kier molecular flexibility index (Phi) is 8.06. The molecule has 0 aliphatic carbocycles. The number of hydrogen-bond acceptors (Lipinski definition) is 5. The fraction of sp³-hybridized carbons (Fsp3) is 0.167. The number of amides is 1. The average Bonchev–Trinajstić information content (AvgIpc) is 2.80. The smallest absolute Gasteiger partial charge is 0.243 e. The van der Waals surface area contributed by atoms with E-state index in [0.717, 1.165) is 4.31 Å². The number of benzene rings is 3. The number of nitrogens with zero attached hydrogens (tertiary/aromatic N) is 2. The van der Waals surface area contributed by atoms with Gasteiger partial charge in [0.05, 0.1) is 29.7 Å². The maximum absolute atomic E-state index is 13.4. The van der Waals surface area contributed by atoms with Gasteiger partial charge in [0.15, 0.2) is 0 Å². The Bertz CT molecular complexity index is 1270. The lowest BCUT2D eigenvalue weighted by Gasteiger charge is -2.22. The van der Waals surface area contributed by atoms with E-state index >= 15 is 0 Å². The van der Waals surface area contributed by atoms with E-state index in [9.17, 15) is 13.2 Å². The summed E-state index contributed by atoms with van der Waals surface area (Å²) in [6.07, 6.45) is 0. The second-order valence-corrected chi connectivity index (χ2v) is 9.35. The van der Waals surface area contributed by atoms with E-state index in [0.29, 0.717) is 34.2 Å². The molecule has 0 unspecified atom stereocenters. The first kappa shape index (κ1) is 24.3. The van der Waals surface area contributed by atoms with E-state index in [4.69, 9.17) is 21.6 Å². The van der Waals surface area contributed by atoms with Gasteiger partial charge in [-0.25, -0.2) is 8.42 Å². The minimum absolute atomic E-state index is 0.0253. The molecule has 0 saturated heterocycles. The molecule has 1 N–H and O–H groups in total. The van der Waals surface area contributed by atoms with Crippen molar-refractivity contribution in [2.75, 3.05) is 18.5 Å². The minimum atomic E-state index is -4.04. The summed E-state index contributed by atoms with van der Waals surface area (Å²) in [5.74, 6) is -0.00382. The van der Waals surface area contributed by atoms with E-state index in [1.807, 2.05) is 13.0 Å². The van der Waals surface area contributed by atoms with Crippen molar-refractivity contribution in [1.29, 1.82) is 5.26 Å². The molecule has 170 valence electrons. The van der Waals surface area contributed by atoms with Crippen molar-refractivity contribution in [2.45, 2.75) is 18.4 Å². The summed E-state index contributed by atoms with van der Waals surface area (Å²) >= 11 is 6.25. The van der Waals surface area contributed by atoms with Crippen LogP contribution in [0.15, 0.2) is 77.7 Å². The van der Waals surface area contributed by atoms with E-state index in [1.165, 1.54) is 18.2 Å². The third-order valence-corrected chi connectivity index (χ3v) is 6.85. The van der Waals surface area contributed by atoms with Crippen LogP contribution in [0.4, 0.5) is 5.69 Å². The predicted molar refractivity (Wildman–Crippen MR) is 126 cm³/mol. The number of nitriles is 1. The maximum Gasteiger partial charge on any atom is 0.243 e. The number of halogens is 1. The highest BCUT2D eigenvalue weighted by molar-refractivity contribution is 7.89. The van der Waals surface area contributed by atoms with Crippen molar-refractivity contribution >= 4 is 33.2 Å². The number of anilines is 1. The molecular weight excluding hydrogens is 462 g/mol. The normalized spacial score (nSPS) is 11.1. The molecule has 0 radical (unpaired) electrons. The molecule has 33 heavy (non-hydrogen) atoms. The molecule has 0 aliphatic heterocycles. The molecule has 0 aliphatic rings. The Hall–Kier alpha value is -3.38. The summed E-state index contributed by atoms with van der Waals surface area (Å²) in [5.41, 5.74) is 1.34. The largest absolute Gasteiger partial charge is 0.494 e. The summed E-state index contributed by atoms with van der Waals surface area (Å²) < 4.78 is 33.3. The molecule has 0 spiro atoms. The Morgan fingerprint density at radius 3 is 2.48 bits per heavy atom. The van der Waals surface area contributed by atoms with Crippen LogP contribution in [0.25, 0.3) is 0 Å². The van der Waals surface area contributed by atoms with Gasteiger partial charge in [-0.05, 0) is 61.0 Å². The van der Waals surface area contributed by atoms with Crippen LogP contribution >= 0.6 is 11.6 Å². The number of carbonyl (C=O) groups excluding carboxylic acids is 1. The maximum atomic E-state index is 13.4. The summed E-state index contributed by atoms with van der Waals surface area (Å²) in [5, 5.41) is 12.1. The zero-order valence-electron chi connectivity index (χ0n) is 17.9. The van der Waals surface area contributed by atoms with Gasteiger partial charge in [0.25, 0.3) is 0 Å². The quantitative estimate of drug-likeness (QED) is 0.485. The van der Waals surface area contributed by atoms with Crippen molar-refractivity contribution in [3.05, 3.63) is 88.9 Å². The summed E-state index contributed by atoms with van der Waals surface area (Å²) in [6.45, 7) is 1.75. The number of nitrogens with one attached hydrogen (secondary N) is 1. The highest BCUT2D eigenvalue weighted by atomic mass is 35.5. The van der Waals surface area contributed by atoms with Gasteiger partial charge in [0.2, 0.25) is 15.9 Å². The molecule has 0 atom stereocenters. The van der Waals surface area contributed by atoms with Crippen LogP contribution < -0.4 is 10.1 Å². The van der Waals surface area contributed by atoms with Gasteiger partial charge >= 0.3 is 0 Å². The molecule has 0 fully saturated rings. The first-order valence-electron chi connectivity index (χ1n) is 10.1. The molecule has 3 aromatic carbocycles. The van der Waals surface area contributed by atoms with Gasteiger partial charge < -0.3 is 10.1 Å². The minimum Gasteiger partial charge on any atom is -0.494 e. The summed E-state index contributed by atoms with van der Waals surface area (Å²) in [6, 6.07) is 21.2. The van der Waals surface area contributed by atoms with Crippen molar-refractivity contribution in [3.8, 4) is 11.8 Å². The van der Waals surface area contributed by atoms with Gasteiger partial charge in [-0.1, -0.05) is 35.9 Å². The van der Waals surface area contributed by atoms with Crippen molar-refractivity contribution in [3.63, 3.8) is 0 Å². The van der Waals surface area contributed by atoms with E-state index in [2.05, 4.69) is 5.32 Å². The number of ether oxygens (including phenoxy) is 1. The Labute approximate surface area is 198 Å². The van der Waals surface area contributed by atoms with Crippen molar-refractivity contribution in [2.24, 2.45) is 0 Å². The molecule has 0 heterocycles. The number of rotatable bonds is 9. The number of carbonyl (C=O) groups is 1. The first-order chi connectivity index (χ1) is 15.8. The molecule has 0 bridgehead atoms. The van der Waals surface area contributed by atoms with E-state index < -0.39 is 22.5 Å².